The molecule has 2 aromatic heterocycles. The van der Waals surface area contributed by atoms with Crippen LogP contribution in [-0.4, -0.2) is 28.1 Å². The molecule has 0 atom stereocenters. The fraction of sp³-hybridized carbons (Fsp3) is 0.368. The topological polar surface area (TPSA) is 68.5 Å². The van der Waals surface area contributed by atoms with E-state index in [1.807, 2.05) is 39.0 Å². The van der Waals surface area contributed by atoms with Crippen molar-refractivity contribution in [1.29, 1.82) is 0 Å². The summed E-state index contributed by atoms with van der Waals surface area (Å²) in [6, 6.07) is 5.73. The van der Waals surface area contributed by atoms with E-state index in [0.29, 0.717) is 18.1 Å². The average molecular weight is 422 g/mol. The summed E-state index contributed by atoms with van der Waals surface area (Å²) in [5, 5.41) is 2.33. The smallest absolute Gasteiger partial charge is 0.410 e. The second-order valence-corrected chi connectivity index (χ2v) is 10.1. The SMILES string of the molecule is CC(C)(C)OC(=O)N1CCc2c(sc(N)c2-c2nc3cc(Cl)ccc3s2)C1. The molecule has 0 fully saturated rings. The van der Waals surface area contributed by atoms with Crippen LogP contribution in [0.5, 0.6) is 0 Å². The summed E-state index contributed by atoms with van der Waals surface area (Å²) in [5.41, 5.74) is 8.94. The summed E-state index contributed by atoms with van der Waals surface area (Å²) in [6.45, 7) is 6.76. The second kappa shape index (κ2) is 6.65. The summed E-state index contributed by atoms with van der Waals surface area (Å²) in [4.78, 5) is 20.0. The van der Waals surface area contributed by atoms with Crippen LogP contribution in [0.15, 0.2) is 18.2 Å². The van der Waals surface area contributed by atoms with Gasteiger partial charge in [-0.2, -0.15) is 0 Å². The number of carbonyl (C=O) groups excluding carboxylic acids is 1. The predicted molar refractivity (Wildman–Crippen MR) is 113 cm³/mol. The van der Waals surface area contributed by atoms with Gasteiger partial charge < -0.3 is 15.4 Å². The Morgan fingerprint density at radius 2 is 2.11 bits per heavy atom. The Morgan fingerprint density at radius 1 is 1.33 bits per heavy atom. The molecule has 1 amide bonds. The molecule has 0 saturated carbocycles. The van der Waals surface area contributed by atoms with Crippen LogP contribution < -0.4 is 5.73 Å². The largest absolute Gasteiger partial charge is 0.444 e. The van der Waals surface area contributed by atoms with Gasteiger partial charge in [-0.1, -0.05) is 11.6 Å². The fourth-order valence-electron chi connectivity index (χ4n) is 3.15. The summed E-state index contributed by atoms with van der Waals surface area (Å²) in [7, 11) is 0. The van der Waals surface area contributed by atoms with Gasteiger partial charge >= 0.3 is 6.09 Å². The Hall–Kier alpha value is -1.83. The van der Waals surface area contributed by atoms with Crippen LogP contribution in [0.4, 0.5) is 9.80 Å². The van der Waals surface area contributed by atoms with Crippen molar-refractivity contribution in [3.63, 3.8) is 0 Å². The van der Waals surface area contributed by atoms with Crippen LogP contribution in [0.3, 0.4) is 0 Å². The first kappa shape index (κ1) is 18.5. The number of rotatable bonds is 1. The van der Waals surface area contributed by atoms with E-state index in [4.69, 9.17) is 27.1 Å². The third kappa shape index (κ3) is 3.63. The van der Waals surface area contributed by atoms with Crippen molar-refractivity contribution in [2.45, 2.75) is 39.3 Å². The quantitative estimate of drug-likeness (QED) is 0.559. The second-order valence-electron chi connectivity index (χ2n) is 7.53. The number of carbonyl (C=O) groups is 1. The highest BCUT2D eigenvalue weighted by molar-refractivity contribution is 7.22. The van der Waals surface area contributed by atoms with E-state index in [9.17, 15) is 4.79 Å². The third-order valence-corrected chi connectivity index (χ3v) is 6.63. The van der Waals surface area contributed by atoms with Gasteiger partial charge in [0.15, 0.2) is 0 Å². The van der Waals surface area contributed by atoms with E-state index in [-0.39, 0.29) is 6.09 Å². The minimum atomic E-state index is -0.501. The molecule has 142 valence electrons. The molecule has 0 saturated heterocycles. The molecule has 27 heavy (non-hydrogen) atoms. The van der Waals surface area contributed by atoms with Crippen LogP contribution in [-0.2, 0) is 17.7 Å². The average Bonchev–Trinajstić information content (AvgIpc) is 3.11. The van der Waals surface area contributed by atoms with Crippen LogP contribution in [0, 0.1) is 0 Å². The van der Waals surface area contributed by atoms with E-state index >= 15 is 0 Å². The molecule has 0 unspecified atom stereocenters. The summed E-state index contributed by atoms with van der Waals surface area (Å²) in [5.74, 6) is 0. The van der Waals surface area contributed by atoms with Gasteiger partial charge in [-0.25, -0.2) is 9.78 Å². The molecular weight excluding hydrogens is 402 g/mol. The number of anilines is 1. The third-order valence-electron chi connectivity index (χ3n) is 4.30. The van der Waals surface area contributed by atoms with Crippen molar-refractivity contribution in [2.24, 2.45) is 0 Å². The van der Waals surface area contributed by atoms with Gasteiger partial charge in [0.1, 0.15) is 10.6 Å². The van der Waals surface area contributed by atoms with Gasteiger partial charge in [0.05, 0.1) is 21.8 Å². The summed E-state index contributed by atoms with van der Waals surface area (Å²) in [6.07, 6.45) is 0.463. The van der Waals surface area contributed by atoms with Crippen LogP contribution in [0.25, 0.3) is 20.8 Å². The standard InChI is InChI=1S/C19H20ClN3O2S2/c1-19(2,3)25-18(24)23-7-6-11-14(9-23)26-16(21)15(11)17-22-12-8-10(20)4-5-13(12)27-17/h4-5,8H,6-7,9,21H2,1-3H3. The molecule has 1 aliphatic rings. The van der Waals surface area contributed by atoms with Crippen molar-refractivity contribution in [2.75, 3.05) is 12.3 Å². The number of benzene rings is 1. The molecule has 0 bridgehead atoms. The van der Waals surface area contributed by atoms with Crippen molar-refractivity contribution in [1.82, 2.24) is 9.88 Å². The monoisotopic (exact) mass is 421 g/mol. The molecule has 0 radical (unpaired) electrons. The number of ether oxygens (including phenoxy) is 1. The Labute approximate surface area is 170 Å². The highest BCUT2D eigenvalue weighted by Crippen LogP contribution is 2.44. The minimum Gasteiger partial charge on any atom is -0.444 e. The lowest BCUT2D eigenvalue weighted by Crippen LogP contribution is -2.39. The number of hydrogen-bond donors (Lipinski definition) is 1. The van der Waals surface area contributed by atoms with Crippen molar-refractivity contribution in [3.05, 3.63) is 33.7 Å². The molecular formula is C19H20ClN3O2S2. The summed E-state index contributed by atoms with van der Waals surface area (Å²) < 4.78 is 6.59. The molecule has 2 N–H and O–H groups in total. The fourth-order valence-corrected chi connectivity index (χ4v) is 5.55. The number of thiazole rings is 1. The number of hydrogen-bond acceptors (Lipinski definition) is 6. The molecule has 0 aliphatic carbocycles. The molecule has 8 heteroatoms. The molecule has 1 aromatic carbocycles. The number of nitrogens with zero attached hydrogens (tertiary/aromatic N) is 2. The van der Waals surface area contributed by atoms with Gasteiger partial charge in [-0.15, -0.1) is 22.7 Å². The van der Waals surface area contributed by atoms with E-state index in [2.05, 4.69) is 0 Å². The number of halogens is 1. The lowest BCUT2D eigenvalue weighted by Gasteiger charge is -2.30. The molecule has 3 heterocycles. The number of amides is 1. The number of fused-ring (bicyclic) bond motifs is 2. The number of nitrogens with two attached hydrogens (primary N) is 1. The predicted octanol–water partition coefficient (Wildman–Crippen LogP) is 5.55. The lowest BCUT2D eigenvalue weighted by atomic mass is 10.0. The number of nitrogen functional groups attached to an aromatic ring is 1. The molecule has 5 nitrogen and oxygen atoms in total. The maximum atomic E-state index is 12.4. The van der Waals surface area contributed by atoms with E-state index in [1.165, 1.54) is 16.9 Å². The molecule has 0 spiro atoms. The zero-order valence-corrected chi connectivity index (χ0v) is 17.7. The molecule has 4 rings (SSSR count). The molecule has 1 aliphatic heterocycles. The Bertz CT molecular complexity index is 1040. The Balaban J connectivity index is 1.65. The highest BCUT2D eigenvalue weighted by atomic mass is 35.5. The van der Waals surface area contributed by atoms with Crippen molar-refractivity contribution in [3.8, 4) is 10.6 Å². The van der Waals surface area contributed by atoms with Crippen LogP contribution in [0.1, 0.15) is 31.2 Å². The van der Waals surface area contributed by atoms with Gasteiger partial charge in [-0.3, -0.25) is 0 Å². The first-order chi connectivity index (χ1) is 12.7. The van der Waals surface area contributed by atoms with Gasteiger partial charge in [0, 0.05) is 22.0 Å². The van der Waals surface area contributed by atoms with E-state index in [1.54, 1.807) is 16.2 Å². The normalized spacial score (nSPS) is 14.4. The van der Waals surface area contributed by atoms with Gasteiger partial charge in [0.25, 0.3) is 0 Å². The van der Waals surface area contributed by atoms with Gasteiger partial charge in [-0.05, 0) is 51.0 Å². The Kier molecular flexibility index (Phi) is 4.56. The van der Waals surface area contributed by atoms with Crippen molar-refractivity contribution >= 4 is 55.6 Å². The van der Waals surface area contributed by atoms with Crippen LogP contribution >= 0.6 is 34.3 Å². The first-order valence-corrected chi connectivity index (χ1v) is 10.7. The van der Waals surface area contributed by atoms with Gasteiger partial charge in [0.2, 0.25) is 0 Å². The highest BCUT2D eigenvalue weighted by Gasteiger charge is 2.30. The molecule has 3 aromatic rings. The maximum Gasteiger partial charge on any atom is 0.410 e. The minimum absolute atomic E-state index is 0.281. The zero-order valence-electron chi connectivity index (χ0n) is 15.3. The summed E-state index contributed by atoms with van der Waals surface area (Å²) >= 11 is 9.23. The van der Waals surface area contributed by atoms with Crippen LogP contribution in [0.2, 0.25) is 5.02 Å². The zero-order chi connectivity index (χ0) is 19.3. The van der Waals surface area contributed by atoms with Crippen molar-refractivity contribution < 1.29 is 9.53 Å². The van der Waals surface area contributed by atoms with E-state index < -0.39 is 5.60 Å². The van der Waals surface area contributed by atoms with E-state index in [0.717, 1.165) is 37.1 Å². The first-order valence-electron chi connectivity index (χ1n) is 8.65. The maximum absolute atomic E-state index is 12.4. The number of aromatic nitrogens is 1. The number of thiophene rings is 1. The lowest BCUT2D eigenvalue weighted by molar-refractivity contribution is 0.0227. The Morgan fingerprint density at radius 3 is 2.85 bits per heavy atom.